The summed E-state index contributed by atoms with van der Waals surface area (Å²) in [5.74, 6) is -0.236. The monoisotopic (exact) mass is 369 g/mol. The summed E-state index contributed by atoms with van der Waals surface area (Å²) in [5, 5.41) is 12.0. The van der Waals surface area contributed by atoms with Gasteiger partial charge in [-0.15, -0.1) is 0 Å². The first-order chi connectivity index (χ1) is 13.0. The van der Waals surface area contributed by atoms with E-state index >= 15 is 0 Å². The number of aromatic hydroxyl groups is 1. The predicted octanol–water partition coefficient (Wildman–Crippen LogP) is 2.73. The largest absolute Gasteiger partial charge is 0.508 e. The Labute approximate surface area is 155 Å². The molecule has 0 aliphatic heterocycles. The molecule has 6 nitrogen and oxygen atoms in total. The average molecular weight is 369 g/mol. The second-order valence-corrected chi connectivity index (χ2v) is 6.18. The summed E-state index contributed by atoms with van der Waals surface area (Å²) in [4.78, 5) is 16.3. The number of rotatable bonds is 7. The van der Waals surface area contributed by atoms with Crippen LogP contribution in [-0.2, 0) is 12.8 Å². The van der Waals surface area contributed by atoms with Gasteiger partial charge < -0.3 is 20.6 Å². The summed E-state index contributed by atoms with van der Waals surface area (Å²) in [6, 6.07) is 12.4. The summed E-state index contributed by atoms with van der Waals surface area (Å²) in [7, 11) is 0. The second-order valence-electron chi connectivity index (χ2n) is 6.18. The fourth-order valence-corrected chi connectivity index (χ4v) is 2.64. The quantitative estimate of drug-likeness (QED) is 0.594. The Bertz CT molecular complexity index is 909. The number of carbonyl (C=O) groups excluding carboxylic acids is 1. The van der Waals surface area contributed by atoms with Crippen LogP contribution in [0.3, 0.4) is 0 Å². The van der Waals surface area contributed by atoms with Crippen LogP contribution in [0.25, 0.3) is 0 Å². The number of nitrogens with zero attached hydrogens (tertiary/aromatic N) is 1. The fourth-order valence-electron chi connectivity index (χ4n) is 2.64. The van der Waals surface area contributed by atoms with Crippen LogP contribution < -0.4 is 11.1 Å². The third-order valence-electron chi connectivity index (χ3n) is 4.05. The Morgan fingerprint density at radius 1 is 1.22 bits per heavy atom. The lowest BCUT2D eigenvalue weighted by Crippen LogP contribution is -2.26. The van der Waals surface area contributed by atoms with E-state index in [0.29, 0.717) is 19.4 Å². The zero-order valence-electron chi connectivity index (χ0n) is 14.6. The molecule has 4 N–H and O–H groups in total. The van der Waals surface area contributed by atoms with E-state index in [1.165, 1.54) is 18.4 Å². The van der Waals surface area contributed by atoms with Gasteiger partial charge in [-0.05, 0) is 48.2 Å². The first-order valence-corrected chi connectivity index (χ1v) is 8.53. The summed E-state index contributed by atoms with van der Waals surface area (Å²) in [6.45, 7) is 0.351. The van der Waals surface area contributed by atoms with Crippen molar-refractivity contribution in [2.24, 2.45) is 5.73 Å². The van der Waals surface area contributed by atoms with E-state index in [9.17, 15) is 14.3 Å². The maximum Gasteiger partial charge on any atom is 0.273 e. The number of hydrogen-bond donors (Lipinski definition) is 3. The van der Waals surface area contributed by atoms with Crippen LogP contribution in [-0.4, -0.2) is 22.5 Å². The highest BCUT2D eigenvalue weighted by Gasteiger charge is 2.17. The molecule has 0 aliphatic rings. The minimum Gasteiger partial charge on any atom is -0.508 e. The fraction of sp³-hybridized carbons (Fsp3) is 0.200. The summed E-state index contributed by atoms with van der Waals surface area (Å²) >= 11 is 0. The Morgan fingerprint density at radius 2 is 2.00 bits per heavy atom. The normalized spacial score (nSPS) is 11.9. The van der Waals surface area contributed by atoms with Crippen molar-refractivity contribution in [3.63, 3.8) is 0 Å². The number of carbonyl (C=O) groups is 1. The van der Waals surface area contributed by atoms with Gasteiger partial charge in [0.25, 0.3) is 5.91 Å². The van der Waals surface area contributed by atoms with Gasteiger partial charge in [-0.3, -0.25) is 4.79 Å². The summed E-state index contributed by atoms with van der Waals surface area (Å²) in [5.41, 5.74) is 7.94. The molecule has 1 amide bonds. The van der Waals surface area contributed by atoms with Gasteiger partial charge in [-0.25, -0.2) is 9.37 Å². The standard InChI is InChI=1S/C20H20FN3O3/c21-15-3-1-2-13(10-15)8-9-23-19(26)18-12-27-20(24-18)17(22)11-14-4-6-16(25)7-5-14/h1-7,10,12,17,25H,8-9,11,22H2,(H,23,26). The third kappa shape index (κ3) is 5.15. The zero-order chi connectivity index (χ0) is 19.2. The number of oxazole rings is 1. The van der Waals surface area contributed by atoms with Crippen LogP contribution in [0.1, 0.15) is 33.5 Å². The second kappa shape index (κ2) is 8.46. The number of nitrogens with two attached hydrogens (primary N) is 1. The van der Waals surface area contributed by atoms with Crippen molar-refractivity contribution in [2.75, 3.05) is 6.54 Å². The van der Waals surface area contributed by atoms with Crippen LogP contribution in [0, 0.1) is 5.82 Å². The van der Waals surface area contributed by atoms with Gasteiger partial charge in [-0.2, -0.15) is 0 Å². The van der Waals surface area contributed by atoms with Crippen LogP contribution in [0.2, 0.25) is 0 Å². The van der Waals surface area contributed by atoms with Gasteiger partial charge in [-0.1, -0.05) is 24.3 Å². The highest BCUT2D eigenvalue weighted by atomic mass is 19.1. The third-order valence-corrected chi connectivity index (χ3v) is 4.05. The topological polar surface area (TPSA) is 101 Å². The molecule has 7 heteroatoms. The van der Waals surface area contributed by atoms with Crippen LogP contribution in [0.5, 0.6) is 5.75 Å². The molecule has 0 bridgehead atoms. The van der Waals surface area contributed by atoms with Crippen molar-refractivity contribution in [3.05, 3.63) is 83.3 Å². The van der Waals surface area contributed by atoms with Crippen LogP contribution in [0.4, 0.5) is 4.39 Å². The average Bonchev–Trinajstić information content (AvgIpc) is 3.14. The van der Waals surface area contributed by atoms with E-state index in [-0.39, 0.29) is 29.1 Å². The van der Waals surface area contributed by atoms with Crippen LogP contribution >= 0.6 is 0 Å². The molecule has 3 rings (SSSR count). The van der Waals surface area contributed by atoms with Crippen molar-refractivity contribution < 1.29 is 18.7 Å². The van der Waals surface area contributed by atoms with Gasteiger partial charge in [0.15, 0.2) is 5.69 Å². The maximum absolute atomic E-state index is 13.1. The molecule has 0 fully saturated rings. The minimum atomic E-state index is -0.511. The molecule has 1 aromatic heterocycles. The van der Waals surface area contributed by atoms with E-state index in [2.05, 4.69) is 10.3 Å². The molecule has 0 spiro atoms. The van der Waals surface area contributed by atoms with Crippen molar-refractivity contribution in [1.82, 2.24) is 10.3 Å². The Kier molecular flexibility index (Phi) is 5.83. The van der Waals surface area contributed by atoms with Crippen molar-refractivity contribution in [2.45, 2.75) is 18.9 Å². The van der Waals surface area contributed by atoms with E-state index in [1.54, 1.807) is 36.4 Å². The number of amides is 1. The number of phenolic OH excluding ortho intramolecular Hbond substituents is 1. The minimum absolute atomic E-state index is 0.144. The molecule has 2 aromatic carbocycles. The molecular formula is C20H20FN3O3. The number of hydrogen-bond acceptors (Lipinski definition) is 5. The van der Waals surface area contributed by atoms with Crippen molar-refractivity contribution in [1.29, 1.82) is 0 Å². The van der Waals surface area contributed by atoms with E-state index in [1.807, 2.05) is 0 Å². The molecule has 140 valence electrons. The highest BCUT2D eigenvalue weighted by Crippen LogP contribution is 2.18. The number of halogens is 1. The molecular weight excluding hydrogens is 349 g/mol. The number of benzene rings is 2. The van der Waals surface area contributed by atoms with E-state index < -0.39 is 6.04 Å². The number of nitrogens with one attached hydrogen (secondary N) is 1. The zero-order valence-corrected chi connectivity index (χ0v) is 14.6. The van der Waals surface area contributed by atoms with Gasteiger partial charge in [0.2, 0.25) is 5.89 Å². The molecule has 0 aliphatic carbocycles. The van der Waals surface area contributed by atoms with E-state index in [0.717, 1.165) is 11.1 Å². The molecule has 1 unspecified atom stereocenters. The lowest BCUT2D eigenvalue weighted by molar-refractivity contribution is 0.0949. The van der Waals surface area contributed by atoms with Crippen LogP contribution in [0.15, 0.2) is 59.2 Å². The van der Waals surface area contributed by atoms with Gasteiger partial charge in [0.05, 0.1) is 6.04 Å². The smallest absolute Gasteiger partial charge is 0.273 e. The van der Waals surface area contributed by atoms with Gasteiger partial charge >= 0.3 is 0 Å². The SMILES string of the molecule is NC(Cc1ccc(O)cc1)c1nc(C(=O)NCCc2cccc(F)c2)co1. The molecule has 3 aromatic rings. The van der Waals surface area contributed by atoms with Crippen molar-refractivity contribution in [3.8, 4) is 5.75 Å². The van der Waals surface area contributed by atoms with Gasteiger partial charge in [0, 0.05) is 6.54 Å². The van der Waals surface area contributed by atoms with E-state index in [4.69, 9.17) is 10.2 Å². The molecule has 1 heterocycles. The molecule has 0 saturated carbocycles. The lowest BCUT2D eigenvalue weighted by atomic mass is 10.1. The maximum atomic E-state index is 13.1. The first kappa shape index (κ1) is 18.6. The first-order valence-electron chi connectivity index (χ1n) is 8.53. The Morgan fingerprint density at radius 3 is 2.74 bits per heavy atom. The Balaban J connectivity index is 1.52. The van der Waals surface area contributed by atoms with Gasteiger partial charge in [0.1, 0.15) is 17.8 Å². The van der Waals surface area contributed by atoms with Crippen molar-refractivity contribution >= 4 is 5.91 Å². The number of phenols is 1. The predicted molar refractivity (Wildman–Crippen MR) is 97.7 cm³/mol. The summed E-state index contributed by atoms with van der Waals surface area (Å²) in [6.07, 6.45) is 2.24. The lowest BCUT2D eigenvalue weighted by Gasteiger charge is -2.07. The summed E-state index contributed by atoms with van der Waals surface area (Å²) < 4.78 is 18.5. The molecule has 0 saturated heterocycles. The Hall–Kier alpha value is -3.19. The molecule has 1 atom stereocenters. The molecule has 0 radical (unpaired) electrons. The highest BCUT2D eigenvalue weighted by molar-refractivity contribution is 5.91. The number of aromatic nitrogens is 1. The molecule has 27 heavy (non-hydrogen) atoms.